The van der Waals surface area contributed by atoms with Crippen LogP contribution < -0.4 is 5.32 Å². The number of fused-ring (bicyclic) bond motifs is 1. The lowest BCUT2D eigenvalue weighted by molar-refractivity contribution is 0.571. The minimum Gasteiger partial charge on any atom is -0.359 e. The number of hydrogen-bond donors (Lipinski definition) is 1. The van der Waals surface area contributed by atoms with Gasteiger partial charge in [0.05, 0.1) is 0 Å². The van der Waals surface area contributed by atoms with Crippen LogP contribution in [-0.4, -0.2) is 0 Å². The lowest BCUT2D eigenvalue weighted by atomic mass is 9.88. The summed E-state index contributed by atoms with van der Waals surface area (Å²) in [5, 5.41) is 4.10. The highest BCUT2D eigenvalue weighted by Crippen LogP contribution is 2.42. The first-order valence-corrected chi connectivity index (χ1v) is 5.22. The Labute approximate surface area is 89.8 Å². The van der Waals surface area contributed by atoms with E-state index in [1.807, 2.05) is 18.2 Å². The van der Waals surface area contributed by atoms with E-state index >= 15 is 0 Å². The fourth-order valence-electron chi connectivity index (χ4n) is 2.10. The van der Waals surface area contributed by atoms with Crippen LogP contribution in [0.5, 0.6) is 0 Å². The van der Waals surface area contributed by atoms with Crippen LogP contribution in [0.3, 0.4) is 0 Å². The zero-order chi connectivity index (χ0) is 10.3. The van der Waals surface area contributed by atoms with Crippen molar-refractivity contribution in [1.82, 2.24) is 0 Å². The Morgan fingerprint density at radius 1 is 1.43 bits per heavy atom. The number of nitrogens with one attached hydrogen (secondary N) is 1. The summed E-state index contributed by atoms with van der Waals surface area (Å²) < 4.78 is 0. The molecular formula is C12H14ClN. The molecule has 0 fully saturated rings. The largest absolute Gasteiger partial charge is 0.359 e. The zero-order valence-electron chi connectivity index (χ0n) is 8.47. The normalized spacial score (nSPS) is 19.7. The molecular weight excluding hydrogens is 194 g/mol. The van der Waals surface area contributed by atoms with Crippen LogP contribution in [-0.2, 0) is 0 Å². The Hall–Kier alpha value is -0.950. The van der Waals surface area contributed by atoms with Gasteiger partial charge in [0.15, 0.2) is 0 Å². The van der Waals surface area contributed by atoms with E-state index in [1.165, 1.54) is 5.56 Å². The minimum absolute atomic E-state index is 0.392. The molecule has 1 heterocycles. The van der Waals surface area contributed by atoms with Gasteiger partial charge in [-0.25, -0.2) is 0 Å². The third-order valence-electron chi connectivity index (χ3n) is 2.69. The second-order valence-electron chi connectivity index (χ2n) is 4.10. The van der Waals surface area contributed by atoms with Gasteiger partial charge in [-0.1, -0.05) is 32.0 Å². The van der Waals surface area contributed by atoms with Crippen LogP contribution >= 0.6 is 11.6 Å². The fraction of sp³-hybridized carbons (Fsp3) is 0.333. The predicted molar refractivity (Wildman–Crippen MR) is 61.8 cm³/mol. The Morgan fingerprint density at radius 2 is 2.14 bits per heavy atom. The van der Waals surface area contributed by atoms with Crippen molar-refractivity contribution in [3.05, 3.63) is 41.1 Å². The van der Waals surface area contributed by atoms with E-state index in [1.54, 1.807) is 0 Å². The van der Waals surface area contributed by atoms with Gasteiger partial charge in [-0.05, 0) is 29.7 Å². The molecule has 0 saturated heterocycles. The number of benzene rings is 1. The summed E-state index contributed by atoms with van der Waals surface area (Å²) in [7, 11) is 0. The minimum atomic E-state index is 0.392. The quantitative estimate of drug-likeness (QED) is 0.734. The highest BCUT2D eigenvalue weighted by molar-refractivity contribution is 6.30. The van der Waals surface area contributed by atoms with Crippen molar-refractivity contribution in [1.29, 1.82) is 0 Å². The van der Waals surface area contributed by atoms with Gasteiger partial charge in [0.1, 0.15) is 0 Å². The summed E-state index contributed by atoms with van der Waals surface area (Å²) in [6.45, 7) is 8.45. The highest BCUT2D eigenvalue weighted by atomic mass is 35.5. The molecule has 1 aliphatic rings. The van der Waals surface area contributed by atoms with E-state index in [2.05, 4.69) is 25.7 Å². The van der Waals surface area contributed by atoms with Crippen molar-refractivity contribution in [3.63, 3.8) is 0 Å². The molecule has 2 heteroatoms. The summed E-state index contributed by atoms with van der Waals surface area (Å²) in [4.78, 5) is 0. The third kappa shape index (κ3) is 1.42. The summed E-state index contributed by atoms with van der Waals surface area (Å²) in [5.74, 6) is 0.943. The van der Waals surface area contributed by atoms with Crippen molar-refractivity contribution < 1.29 is 0 Å². The maximum Gasteiger partial charge on any atom is 0.0422 e. The molecule has 0 amide bonds. The molecule has 2 rings (SSSR count). The van der Waals surface area contributed by atoms with E-state index < -0.39 is 0 Å². The molecule has 0 aliphatic carbocycles. The molecule has 1 nitrogen and oxygen atoms in total. The smallest absolute Gasteiger partial charge is 0.0422 e. The van der Waals surface area contributed by atoms with Crippen LogP contribution in [0, 0.1) is 5.92 Å². The molecule has 0 radical (unpaired) electrons. The second-order valence-corrected chi connectivity index (χ2v) is 4.54. The SMILES string of the molecule is C=C1Nc2ccc(Cl)cc2C1C(C)C. The van der Waals surface area contributed by atoms with Crippen molar-refractivity contribution >= 4 is 17.3 Å². The molecule has 14 heavy (non-hydrogen) atoms. The first kappa shape index (κ1) is 9.60. The monoisotopic (exact) mass is 207 g/mol. The van der Waals surface area contributed by atoms with Gasteiger partial charge in [0.2, 0.25) is 0 Å². The fourth-order valence-corrected chi connectivity index (χ4v) is 2.29. The molecule has 1 aromatic carbocycles. The van der Waals surface area contributed by atoms with Gasteiger partial charge in [0, 0.05) is 22.3 Å². The summed E-state index contributed by atoms with van der Waals surface area (Å²) >= 11 is 5.98. The van der Waals surface area contributed by atoms with Gasteiger partial charge in [0.25, 0.3) is 0 Å². The summed E-state index contributed by atoms with van der Waals surface area (Å²) in [6, 6.07) is 5.96. The summed E-state index contributed by atoms with van der Waals surface area (Å²) in [6.07, 6.45) is 0. The van der Waals surface area contributed by atoms with Crippen LogP contribution in [0.25, 0.3) is 0 Å². The molecule has 1 aliphatic heterocycles. The topological polar surface area (TPSA) is 12.0 Å². The van der Waals surface area contributed by atoms with E-state index in [4.69, 9.17) is 11.6 Å². The molecule has 1 N–H and O–H groups in total. The Balaban J connectivity index is 2.50. The average molecular weight is 208 g/mol. The maximum absolute atomic E-state index is 5.98. The van der Waals surface area contributed by atoms with Crippen LogP contribution in [0.4, 0.5) is 5.69 Å². The lowest BCUT2D eigenvalue weighted by Crippen LogP contribution is -2.05. The molecule has 1 atom stereocenters. The van der Waals surface area contributed by atoms with Crippen molar-refractivity contribution in [2.75, 3.05) is 5.32 Å². The molecule has 74 valence electrons. The Kier molecular flexibility index (Phi) is 2.28. The van der Waals surface area contributed by atoms with Gasteiger partial charge < -0.3 is 5.32 Å². The summed E-state index contributed by atoms with van der Waals surface area (Å²) in [5.41, 5.74) is 3.51. The van der Waals surface area contributed by atoms with E-state index in [-0.39, 0.29) is 0 Å². The zero-order valence-corrected chi connectivity index (χ0v) is 9.23. The Morgan fingerprint density at radius 3 is 2.79 bits per heavy atom. The highest BCUT2D eigenvalue weighted by Gasteiger charge is 2.28. The van der Waals surface area contributed by atoms with E-state index in [0.717, 1.165) is 16.4 Å². The van der Waals surface area contributed by atoms with Gasteiger partial charge in [-0.3, -0.25) is 0 Å². The first-order valence-electron chi connectivity index (χ1n) is 4.85. The lowest BCUT2D eigenvalue weighted by Gasteiger charge is -2.15. The van der Waals surface area contributed by atoms with Crippen molar-refractivity contribution in [2.45, 2.75) is 19.8 Å². The maximum atomic E-state index is 5.98. The number of hydrogen-bond acceptors (Lipinski definition) is 1. The van der Waals surface area contributed by atoms with Crippen molar-refractivity contribution in [3.8, 4) is 0 Å². The Bertz CT molecular complexity index is 382. The molecule has 0 spiro atoms. The van der Waals surface area contributed by atoms with Crippen LogP contribution in [0.15, 0.2) is 30.5 Å². The molecule has 0 saturated carbocycles. The second kappa shape index (κ2) is 3.32. The van der Waals surface area contributed by atoms with Gasteiger partial charge in [-0.15, -0.1) is 0 Å². The first-order chi connectivity index (χ1) is 6.59. The van der Waals surface area contributed by atoms with E-state index in [9.17, 15) is 0 Å². The van der Waals surface area contributed by atoms with Gasteiger partial charge >= 0.3 is 0 Å². The molecule has 1 aromatic rings. The van der Waals surface area contributed by atoms with Crippen LogP contribution in [0.1, 0.15) is 25.3 Å². The number of rotatable bonds is 1. The van der Waals surface area contributed by atoms with Crippen molar-refractivity contribution in [2.24, 2.45) is 5.92 Å². The van der Waals surface area contributed by atoms with E-state index in [0.29, 0.717) is 11.8 Å². The van der Waals surface area contributed by atoms with Crippen LogP contribution in [0.2, 0.25) is 5.02 Å². The van der Waals surface area contributed by atoms with Gasteiger partial charge in [-0.2, -0.15) is 0 Å². The third-order valence-corrected chi connectivity index (χ3v) is 2.92. The molecule has 0 bridgehead atoms. The number of anilines is 1. The predicted octanol–water partition coefficient (Wildman–Crippen LogP) is 4.02. The molecule has 0 aromatic heterocycles. The average Bonchev–Trinajstić information content (AvgIpc) is 2.40. The standard InChI is InChI=1S/C12H14ClN/c1-7(2)12-8(3)14-11-5-4-9(13)6-10(11)12/h4-7,12,14H,3H2,1-2H3. The molecule has 1 unspecified atom stereocenters. The number of halogens is 1. The number of allylic oxidation sites excluding steroid dienone is 1.